The third-order valence-corrected chi connectivity index (χ3v) is 4.69. The lowest BCUT2D eigenvalue weighted by Crippen LogP contribution is -2.49. The summed E-state index contributed by atoms with van der Waals surface area (Å²) in [6.45, 7) is 1.34. The number of benzene rings is 1. The molecule has 2 aromatic rings. The highest BCUT2D eigenvalue weighted by Gasteiger charge is 2.34. The standard InChI is InChI=1S/C16H20N6O/c1-17-16(23)14-8-11-4-2-3-5-12(11)9-21(14)10-15-18-19-20-22(15)13-6-7-13/h2-5,13-14H,6-10H2,1H3,(H,17,23)/t14-/m1/s1. The second kappa shape index (κ2) is 5.73. The average Bonchev–Trinajstić information content (AvgIpc) is 3.33. The zero-order valence-electron chi connectivity index (χ0n) is 13.1. The molecule has 1 aromatic heterocycles. The fraction of sp³-hybridized carbons (Fsp3) is 0.500. The largest absolute Gasteiger partial charge is 0.358 e. The zero-order valence-corrected chi connectivity index (χ0v) is 13.1. The first kappa shape index (κ1) is 14.3. The number of nitrogens with zero attached hydrogens (tertiary/aromatic N) is 5. The van der Waals surface area contributed by atoms with Gasteiger partial charge in [0, 0.05) is 13.6 Å². The summed E-state index contributed by atoms with van der Waals surface area (Å²) in [4.78, 5) is 14.5. The van der Waals surface area contributed by atoms with Crippen molar-refractivity contribution in [3.05, 3.63) is 41.2 Å². The molecule has 1 aromatic carbocycles. The Hall–Kier alpha value is -2.28. The SMILES string of the molecule is CNC(=O)[C@H]1Cc2ccccc2CN1Cc1nnnn1C1CC1. The predicted octanol–water partition coefficient (Wildman–Crippen LogP) is 0.681. The number of amides is 1. The van der Waals surface area contributed by atoms with Crippen molar-refractivity contribution in [2.75, 3.05) is 7.05 Å². The highest BCUT2D eigenvalue weighted by atomic mass is 16.2. The first-order valence-corrected chi connectivity index (χ1v) is 8.05. The molecule has 4 rings (SSSR count). The summed E-state index contributed by atoms with van der Waals surface area (Å²) in [5.41, 5.74) is 2.53. The third kappa shape index (κ3) is 2.72. The topological polar surface area (TPSA) is 75.9 Å². The number of fused-ring (bicyclic) bond motifs is 1. The normalized spacial score (nSPS) is 21.0. The molecule has 120 valence electrons. The van der Waals surface area contributed by atoms with E-state index in [4.69, 9.17) is 0 Å². The van der Waals surface area contributed by atoms with E-state index in [1.807, 2.05) is 16.8 Å². The molecule has 2 heterocycles. The van der Waals surface area contributed by atoms with Gasteiger partial charge in [-0.05, 0) is 40.8 Å². The van der Waals surface area contributed by atoms with Crippen LogP contribution in [0.25, 0.3) is 0 Å². The summed E-state index contributed by atoms with van der Waals surface area (Å²) in [5, 5.41) is 14.9. The summed E-state index contributed by atoms with van der Waals surface area (Å²) in [6, 6.07) is 8.58. The van der Waals surface area contributed by atoms with Gasteiger partial charge in [-0.1, -0.05) is 24.3 Å². The lowest BCUT2D eigenvalue weighted by molar-refractivity contribution is -0.126. The van der Waals surface area contributed by atoms with Gasteiger partial charge in [-0.15, -0.1) is 5.10 Å². The molecule has 1 atom stereocenters. The van der Waals surface area contributed by atoms with Crippen LogP contribution in [0.2, 0.25) is 0 Å². The number of tetrazole rings is 1. The van der Waals surface area contributed by atoms with Gasteiger partial charge in [0.1, 0.15) is 0 Å². The van der Waals surface area contributed by atoms with E-state index in [0.29, 0.717) is 12.6 Å². The fourth-order valence-electron chi connectivity index (χ4n) is 3.27. The molecule has 1 fully saturated rings. The Morgan fingerprint density at radius 2 is 2.09 bits per heavy atom. The van der Waals surface area contributed by atoms with Crippen molar-refractivity contribution in [1.82, 2.24) is 30.4 Å². The van der Waals surface area contributed by atoms with Crippen LogP contribution in [0.4, 0.5) is 0 Å². The molecule has 1 amide bonds. The number of hydrogen-bond acceptors (Lipinski definition) is 5. The summed E-state index contributed by atoms with van der Waals surface area (Å²) >= 11 is 0. The van der Waals surface area contributed by atoms with Gasteiger partial charge in [-0.3, -0.25) is 9.69 Å². The number of rotatable bonds is 4. The Kier molecular flexibility index (Phi) is 3.57. The molecule has 0 unspecified atom stereocenters. The highest BCUT2D eigenvalue weighted by Crippen LogP contribution is 2.35. The van der Waals surface area contributed by atoms with Crippen molar-refractivity contribution in [1.29, 1.82) is 0 Å². The van der Waals surface area contributed by atoms with Crippen LogP contribution in [0.1, 0.15) is 35.8 Å². The van der Waals surface area contributed by atoms with E-state index in [-0.39, 0.29) is 11.9 Å². The van der Waals surface area contributed by atoms with Crippen molar-refractivity contribution >= 4 is 5.91 Å². The summed E-state index contributed by atoms with van der Waals surface area (Å²) in [6.07, 6.45) is 3.00. The number of carbonyl (C=O) groups is 1. The fourth-order valence-corrected chi connectivity index (χ4v) is 3.27. The molecular weight excluding hydrogens is 292 g/mol. The van der Waals surface area contributed by atoms with E-state index in [1.54, 1.807) is 7.05 Å². The van der Waals surface area contributed by atoms with Crippen LogP contribution in [0.3, 0.4) is 0 Å². The van der Waals surface area contributed by atoms with Crippen LogP contribution < -0.4 is 5.32 Å². The average molecular weight is 312 g/mol. The molecule has 1 N–H and O–H groups in total. The van der Waals surface area contributed by atoms with Crippen LogP contribution in [0, 0.1) is 0 Å². The first-order chi connectivity index (χ1) is 11.3. The van der Waals surface area contributed by atoms with Crippen LogP contribution >= 0.6 is 0 Å². The maximum Gasteiger partial charge on any atom is 0.237 e. The minimum Gasteiger partial charge on any atom is -0.358 e. The maximum absolute atomic E-state index is 12.3. The predicted molar refractivity (Wildman–Crippen MR) is 83.3 cm³/mol. The smallest absolute Gasteiger partial charge is 0.237 e. The van der Waals surface area contributed by atoms with E-state index in [1.165, 1.54) is 11.1 Å². The van der Waals surface area contributed by atoms with E-state index in [2.05, 4.69) is 37.9 Å². The maximum atomic E-state index is 12.3. The second-order valence-electron chi connectivity index (χ2n) is 6.28. The molecule has 0 saturated heterocycles. The quantitative estimate of drug-likeness (QED) is 0.898. The van der Waals surface area contributed by atoms with Crippen LogP contribution in [0.5, 0.6) is 0 Å². The number of hydrogen-bond donors (Lipinski definition) is 1. The first-order valence-electron chi connectivity index (χ1n) is 8.05. The van der Waals surface area contributed by atoms with E-state index >= 15 is 0 Å². The Labute approximate surface area is 134 Å². The molecule has 23 heavy (non-hydrogen) atoms. The molecule has 0 radical (unpaired) electrons. The van der Waals surface area contributed by atoms with Crippen molar-refractivity contribution in [3.63, 3.8) is 0 Å². The van der Waals surface area contributed by atoms with Crippen LogP contribution in [-0.4, -0.2) is 44.1 Å². The van der Waals surface area contributed by atoms with Gasteiger partial charge in [0.2, 0.25) is 5.91 Å². The van der Waals surface area contributed by atoms with Gasteiger partial charge in [-0.2, -0.15) is 0 Å². The van der Waals surface area contributed by atoms with Crippen LogP contribution in [-0.2, 0) is 24.3 Å². The Bertz CT molecular complexity index is 723. The summed E-state index contributed by atoms with van der Waals surface area (Å²) in [5.74, 6) is 0.894. The molecule has 7 nitrogen and oxygen atoms in total. The molecule has 0 bridgehead atoms. The Morgan fingerprint density at radius 3 is 2.83 bits per heavy atom. The molecule has 2 aliphatic rings. The number of likely N-dealkylation sites (N-methyl/N-ethyl adjacent to an activating group) is 1. The number of nitrogens with one attached hydrogen (secondary N) is 1. The lowest BCUT2D eigenvalue weighted by Gasteiger charge is -2.35. The molecule has 0 spiro atoms. The van der Waals surface area contributed by atoms with Gasteiger partial charge in [-0.25, -0.2) is 4.68 Å². The van der Waals surface area contributed by atoms with Crippen molar-refractivity contribution < 1.29 is 4.79 Å². The Balaban J connectivity index is 1.61. The number of aromatic nitrogens is 4. The molecule has 1 saturated carbocycles. The summed E-state index contributed by atoms with van der Waals surface area (Å²) < 4.78 is 1.92. The lowest BCUT2D eigenvalue weighted by atomic mass is 9.93. The van der Waals surface area contributed by atoms with Crippen molar-refractivity contribution in [3.8, 4) is 0 Å². The molecule has 7 heteroatoms. The van der Waals surface area contributed by atoms with Crippen molar-refractivity contribution in [2.24, 2.45) is 0 Å². The second-order valence-corrected chi connectivity index (χ2v) is 6.28. The van der Waals surface area contributed by atoms with E-state index < -0.39 is 0 Å². The molecule has 1 aliphatic carbocycles. The molecule has 1 aliphatic heterocycles. The minimum atomic E-state index is -0.181. The Morgan fingerprint density at radius 1 is 1.30 bits per heavy atom. The van der Waals surface area contributed by atoms with Crippen LogP contribution in [0.15, 0.2) is 24.3 Å². The van der Waals surface area contributed by atoms with E-state index in [9.17, 15) is 4.79 Å². The van der Waals surface area contributed by atoms with Gasteiger partial charge in [0.15, 0.2) is 5.82 Å². The van der Waals surface area contributed by atoms with E-state index in [0.717, 1.165) is 31.6 Å². The van der Waals surface area contributed by atoms with Gasteiger partial charge >= 0.3 is 0 Å². The summed E-state index contributed by atoms with van der Waals surface area (Å²) in [7, 11) is 1.69. The molecular formula is C16H20N6O. The zero-order chi connectivity index (χ0) is 15.8. The van der Waals surface area contributed by atoms with Gasteiger partial charge < -0.3 is 5.32 Å². The van der Waals surface area contributed by atoms with Crippen molar-refractivity contribution in [2.45, 2.75) is 44.4 Å². The third-order valence-electron chi connectivity index (χ3n) is 4.69. The van der Waals surface area contributed by atoms with Gasteiger partial charge in [0.25, 0.3) is 0 Å². The van der Waals surface area contributed by atoms with Gasteiger partial charge in [0.05, 0.1) is 18.6 Å². The monoisotopic (exact) mass is 312 g/mol. The highest BCUT2D eigenvalue weighted by molar-refractivity contribution is 5.82. The minimum absolute atomic E-state index is 0.0462. The number of carbonyl (C=O) groups excluding carboxylic acids is 1.